The molecule has 130 valence electrons. The minimum absolute atomic E-state index is 0.140. The van der Waals surface area contributed by atoms with Crippen molar-refractivity contribution in [2.45, 2.75) is 29.9 Å². The summed E-state index contributed by atoms with van der Waals surface area (Å²) in [6, 6.07) is 16.7. The van der Waals surface area contributed by atoms with E-state index < -0.39 is 0 Å². The smallest absolute Gasteiger partial charge is 0.153 e. The number of carbonyl (C=O) groups excluding carboxylic acids is 1. The zero-order valence-electron chi connectivity index (χ0n) is 13.7. The molecule has 0 amide bonds. The Bertz CT molecular complexity index is 768. The second-order valence-corrected chi connectivity index (χ2v) is 8.92. The molecule has 1 aliphatic heterocycles. The van der Waals surface area contributed by atoms with Gasteiger partial charge in [-0.1, -0.05) is 62.2 Å². The number of aldehydes is 1. The molecule has 1 aliphatic carbocycles. The van der Waals surface area contributed by atoms with Crippen LogP contribution in [-0.4, -0.2) is 29.8 Å². The molecule has 1 heterocycles. The number of fused-ring (bicyclic) bond motifs is 2. The highest BCUT2D eigenvalue weighted by atomic mass is 79.9. The molecule has 2 fully saturated rings. The molecule has 2 bridgehead atoms. The molecule has 1 N–H and O–H groups in total. The van der Waals surface area contributed by atoms with Crippen LogP contribution in [0.1, 0.15) is 22.3 Å². The lowest BCUT2D eigenvalue weighted by atomic mass is 10.1. The fourth-order valence-electron chi connectivity index (χ4n) is 4.28. The monoisotopic (exact) mass is 464 g/mol. The first-order chi connectivity index (χ1) is 12.2. The van der Waals surface area contributed by atoms with Gasteiger partial charge in [0.15, 0.2) is 12.4 Å². The van der Waals surface area contributed by atoms with Gasteiger partial charge in [-0.3, -0.25) is 4.79 Å². The normalized spacial score (nSPS) is 30.4. The van der Waals surface area contributed by atoms with Crippen LogP contribution in [0.25, 0.3) is 0 Å². The molecule has 3 nitrogen and oxygen atoms in total. The molecule has 0 radical (unpaired) electrons. The van der Waals surface area contributed by atoms with Crippen molar-refractivity contribution in [2.24, 2.45) is 5.92 Å². The molecular formula is C20H20Br2NO2+. The number of alkyl halides is 1. The lowest BCUT2D eigenvalue weighted by Gasteiger charge is -2.31. The maximum atomic E-state index is 11.4. The van der Waals surface area contributed by atoms with E-state index in [0.29, 0.717) is 28.1 Å². The van der Waals surface area contributed by atoms with Crippen LogP contribution in [-0.2, 0) is 6.54 Å². The van der Waals surface area contributed by atoms with E-state index in [9.17, 15) is 4.79 Å². The summed E-state index contributed by atoms with van der Waals surface area (Å²) >= 11 is 7.32. The van der Waals surface area contributed by atoms with Crippen LogP contribution in [0.5, 0.6) is 5.75 Å². The second kappa shape index (κ2) is 7.22. The Morgan fingerprint density at radius 1 is 1.20 bits per heavy atom. The molecule has 5 atom stereocenters. The van der Waals surface area contributed by atoms with Crippen LogP contribution < -0.4 is 9.64 Å². The van der Waals surface area contributed by atoms with Gasteiger partial charge in [0, 0.05) is 16.0 Å². The fourth-order valence-corrected chi connectivity index (χ4v) is 5.78. The molecule has 1 unspecified atom stereocenters. The highest BCUT2D eigenvalue weighted by molar-refractivity contribution is 9.10. The number of carbonyl (C=O) groups is 1. The van der Waals surface area contributed by atoms with Crippen molar-refractivity contribution in [3.63, 3.8) is 0 Å². The van der Waals surface area contributed by atoms with Crippen LogP contribution in [0.3, 0.4) is 0 Å². The Hall–Kier alpha value is -1.17. The van der Waals surface area contributed by atoms with Gasteiger partial charge in [0.25, 0.3) is 0 Å². The van der Waals surface area contributed by atoms with Gasteiger partial charge in [0.05, 0.1) is 16.9 Å². The van der Waals surface area contributed by atoms with Crippen molar-refractivity contribution in [1.29, 1.82) is 0 Å². The van der Waals surface area contributed by atoms with E-state index in [1.165, 1.54) is 12.1 Å². The number of quaternary nitrogens is 1. The average Bonchev–Trinajstić information content (AvgIpc) is 3.08. The minimum atomic E-state index is 0.140. The number of halogens is 2. The van der Waals surface area contributed by atoms with E-state index in [1.54, 1.807) is 4.90 Å². The third kappa shape index (κ3) is 3.42. The molecule has 1 saturated carbocycles. The van der Waals surface area contributed by atoms with E-state index >= 15 is 0 Å². The Morgan fingerprint density at radius 3 is 2.72 bits per heavy atom. The predicted octanol–water partition coefficient (Wildman–Crippen LogP) is 3.26. The number of nitrogens with one attached hydrogen (secondary N) is 1. The third-order valence-electron chi connectivity index (χ3n) is 5.38. The van der Waals surface area contributed by atoms with Crippen molar-refractivity contribution in [3.05, 3.63) is 64.1 Å². The van der Waals surface area contributed by atoms with Gasteiger partial charge in [-0.05, 0) is 24.6 Å². The summed E-state index contributed by atoms with van der Waals surface area (Å²) in [6.07, 6.45) is 2.06. The maximum Gasteiger partial charge on any atom is 0.153 e. The molecule has 1 saturated heterocycles. The van der Waals surface area contributed by atoms with E-state index in [4.69, 9.17) is 4.74 Å². The summed E-state index contributed by atoms with van der Waals surface area (Å²) in [5.74, 6) is 1.32. The Balaban J connectivity index is 1.53. The van der Waals surface area contributed by atoms with Crippen LogP contribution >= 0.6 is 31.9 Å². The summed E-state index contributed by atoms with van der Waals surface area (Å²) in [5, 5.41) is 0. The topological polar surface area (TPSA) is 30.7 Å². The van der Waals surface area contributed by atoms with Crippen molar-refractivity contribution in [3.8, 4) is 5.75 Å². The van der Waals surface area contributed by atoms with E-state index in [0.717, 1.165) is 23.7 Å². The van der Waals surface area contributed by atoms with Gasteiger partial charge in [-0.15, -0.1) is 0 Å². The second-order valence-electron chi connectivity index (χ2n) is 6.95. The molecule has 2 aromatic carbocycles. The van der Waals surface area contributed by atoms with Gasteiger partial charge < -0.3 is 9.64 Å². The Kier molecular flexibility index (Phi) is 4.98. The number of rotatable bonds is 5. The van der Waals surface area contributed by atoms with Gasteiger partial charge in [-0.25, -0.2) is 0 Å². The molecule has 0 aromatic heterocycles. The maximum absolute atomic E-state index is 11.4. The molecule has 0 spiro atoms. The number of hydrogen-bond donors (Lipinski definition) is 1. The SMILES string of the molecule is O=Cc1cc(Br)ccc1O[C@H]1C[C@@H]2C[NH+](Cc3ccccc3)[C@H]1[C@@H]2Br. The molecule has 4 rings (SSSR count). The van der Waals surface area contributed by atoms with E-state index in [2.05, 4.69) is 62.2 Å². The van der Waals surface area contributed by atoms with Crippen molar-refractivity contribution >= 4 is 38.1 Å². The summed E-state index contributed by atoms with van der Waals surface area (Å²) in [4.78, 5) is 13.4. The molecule has 25 heavy (non-hydrogen) atoms. The first-order valence-corrected chi connectivity index (χ1v) is 10.3. The van der Waals surface area contributed by atoms with E-state index in [1.807, 2.05) is 18.2 Å². The first-order valence-electron chi connectivity index (χ1n) is 8.59. The summed E-state index contributed by atoms with van der Waals surface area (Å²) < 4.78 is 7.21. The summed E-state index contributed by atoms with van der Waals surface area (Å²) in [6.45, 7) is 2.20. The van der Waals surface area contributed by atoms with Crippen LogP contribution in [0.15, 0.2) is 53.0 Å². The van der Waals surface area contributed by atoms with Crippen molar-refractivity contribution < 1.29 is 14.4 Å². The molecule has 2 aliphatic rings. The third-order valence-corrected chi connectivity index (χ3v) is 7.19. The van der Waals surface area contributed by atoms with Gasteiger partial charge in [0.1, 0.15) is 18.3 Å². The summed E-state index contributed by atoms with van der Waals surface area (Å²) in [7, 11) is 0. The predicted molar refractivity (Wildman–Crippen MR) is 105 cm³/mol. The zero-order valence-corrected chi connectivity index (χ0v) is 16.9. The molecule has 2 aromatic rings. The minimum Gasteiger partial charge on any atom is -0.483 e. The largest absolute Gasteiger partial charge is 0.483 e. The fraction of sp³-hybridized carbons (Fsp3) is 0.350. The number of likely N-dealkylation sites (tertiary alicyclic amines) is 1. The standard InChI is InChI=1S/C20H19Br2NO2/c21-16-6-7-17(15(8-16)12-24)25-18-9-14-11-23(20(18)19(14)22)10-13-4-2-1-3-5-13/h1-8,12,14,18-20H,9-11H2/p+1/t14-,18+,19-,20-/m1/s1. The quantitative estimate of drug-likeness (QED) is 0.542. The number of piperidine rings is 1. The van der Waals surface area contributed by atoms with Crippen molar-refractivity contribution in [2.75, 3.05) is 6.54 Å². The Labute approximate surface area is 164 Å². The Morgan fingerprint density at radius 2 is 2.00 bits per heavy atom. The van der Waals surface area contributed by atoms with Gasteiger partial charge in [0.2, 0.25) is 0 Å². The van der Waals surface area contributed by atoms with E-state index in [-0.39, 0.29) is 6.10 Å². The molecular weight excluding hydrogens is 446 g/mol. The molecule has 5 heteroatoms. The lowest BCUT2D eigenvalue weighted by Crippen LogP contribution is -3.15. The average molecular weight is 466 g/mol. The van der Waals surface area contributed by atoms with Gasteiger partial charge >= 0.3 is 0 Å². The number of benzene rings is 2. The van der Waals surface area contributed by atoms with Gasteiger partial charge in [-0.2, -0.15) is 0 Å². The number of hydrogen-bond acceptors (Lipinski definition) is 2. The highest BCUT2D eigenvalue weighted by Crippen LogP contribution is 2.37. The highest BCUT2D eigenvalue weighted by Gasteiger charge is 2.56. The van der Waals surface area contributed by atoms with Crippen LogP contribution in [0.2, 0.25) is 0 Å². The zero-order chi connectivity index (χ0) is 17.4. The van der Waals surface area contributed by atoms with Crippen molar-refractivity contribution in [1.82, 2.24) is 0 Å². The number of ether oxygens (including phenoxy) is 1. The van der Waals surface area contributed by atoms with Crippen LogP contribution in [0, 0.1) is 5.92 Å². The van der Waals surface area contributed by atoms with Crippen LogP contribution in [0.4, 0.5) is 0 Å². The summed E-state index contributed by atoms with van der Waals surface area (Å²) in [5.41, 5.74) is 1.97. The lowest BCUT2D eigenvalue weighted by molar-refractivity contribution is -0.933. The first kappa shape index (κ1) is 17.3.